The minimum atomic E-state index is -0.601. The Morgan fingerprint density at radius 2 is 1.64 bits per heavy atom. The van der Waals surface area contributed by atoms with Gasteiger partial charge in [-0.2, -0.15) is 0 Å². The van der Waals surface area contributed by atoms with Crippen LogP contribution < -0.4 is 15.4 Å². The fourth-order valence-electron chi connectivity index (χ4n) is 5.47. The van der Waals surface area contributed by atoms with Gasteiger partial charge in [0.1, 0.15) is 11.6 Å². The van der Waals surface area contributed by atoms with Crippen molar-refractivity contribution in [2.45, 2.75) is 26.3 Å². The maximum absolute atomic E-state index is 14.7. The van der Waals surface area contributed by atoms with Gasteiger partial charge in [-0.1, -0.05) is 19.1 Å². The maximum atomic E-state index is 14.7. The van der Waals surface area contributed by atoms with Crippen molar-refractivity contribution >= 4 is 34.1 Å². The molecule has 4 aromatic rings. The Morgan fingerprint density at radius 1 is 0.881 bits per heavy atom. The van der Waals surface area contributed by atoms with Gasteiger partial charge in [0.05, 0.1) is 23.5 Å². The SMILES string of the molecule is CCN1CCN(Cc2ccc3cc(C(=O)Nc4cc(NC(=O)c5ccc6c(c5)OCCC6)ccc4F)ccc3n2)CC1. The summed E-state index contributed by atoms with van der Waals surface area (Å²) >= 11 is 0. The summed E-state index contributed by atoms with van der Waals surface area (Å²) < 4.78 is 20.3. The number of anilines is 2. The number of carbonyl (C=O) groups is 2. The van der Waals surface area contributed by atoms with E-state index < -0.39 is 11.7 Å². The number of benzene rings is 3. The van der Waals surface area contributed by atoms with Crippen LogP contribution in [0.2, 0.25) is 0 Å². The zero-order valence-corrected chi connectivity index (χ0v) is 23.7. The van der Waals surface area contributed by atoms with Crippen molar-refractivity contribution in [3.8, 4) is 5.75 Å². The largest absolute Gasteiger partial charge is 0.493 e. The minimum Gasteiger partial charge on any atom is -0.493 e. The molecule has 2 amide bonds. The molecule has 0 atom stereocenters. The molecule has 3 heterocycles. The second-order valence-corrected chi connectivity index (χ2v) is 10.8. The van der Waals surface area contributed by atoms with Gasteiger partial charge in [0.15, 0.2) is 0 Å². The molecule has 216 valence electrons. The lowest BCUT2D eigenvalue weighted by Gasteiger charge is -2.33. The number of fused-ring (bicyclic) bond motifs is 2. The predicted octanol–water partition coefficient (Wildman–Crippen LogP) is 5.34. The van der Waals surface area contributed by atoms with Crippen molar-refractivity contribution in [3.05, 3.63) is 94.9 Å². The minimum absolute atomic E-state index is 0.0247. The van der Waals surface area contributed by atoms with E-state index in [0.717, 1.165) is 74.3 Å². The molecule has 0 unspecified atom stereocenters. The molecule has 2 aliphatic rings. The number of nitrogens with one attached hydrogen (secondary N) is 2. The lowest BCUT2D eigenvalue weighted by molar-refractivity contribution is 0.101. The summed E-state index contributed by atoms with van der Waals surface area (Å²) in [4.78, 5) is 35.6. The number of piperazine rings is 1. The van der Waals surface area contributed by atoms with Gasteiger partial charge < -0.3 is 20.3 Å². The van der Waals surface area contributed by atoms with Crippen molar-refractivity contribution < 1.29 is 18.7 Å². The van der Waals surface area contributed by atoms with Crippen molar-refractivity contribution in [1.82, 2.24) is 14.8 Å². The highest BCUT2D eigenvalue weighted by Crippen LogP contribution is 2.27. The number of likely N-dealkylation sites (N-methyl/N-ethyl adjacent to an activating group) is 1. The number of amides is 2. The third kappa shape index (κ3) is 6.27. The zero-order chi connectivity index (χ0) is 29.1. The van der Waals surface area contributed by atoms with Crippen LogP contribution in [0, 0.1) is 5.82 Å². The first-order chi connectivity index (χ1) is 20.4. The van der Waals surface area contributed by atoms with E-state index in [-0.39, 0.29) is 11.6 Å². The first-order valence-electron chi connectivity index (χ1n) is 14.5. The average molecular weight is 568 g/mol. The predicted molar refractivity (Wildman–Crippen MR) is 162 cm³/mol. The molecule has 0 spiro atoms. The third-order valence-electron chi connectivity index (χ3n) is 7.96. The van der Waals surface area contributed by atoms with Gasteiger partial charge in [-0.05, 0) is 79.5 Å². The van der Waals surface area contributed by atoms with E-state index in [1.165, 1.54) is 18.2 Å². The molecule has 0 radical (unpaired) electrons. The second kappa shape index (κ2) is 12.3. The summed E-state index contributed by atoms with van der Waals surface area (Å²) in [5.74, 6) is -0.687. The summed E-state index contributed by atoms with van der Waals surface area (Å²) in [6.07, 6.45) is 1.88. The van der Waals surface area contributed by atoms with Gasteiger partial charge in [0.2, 0.25) is 0 Å². The van der Waals surface area contributed by atoms with Gasteiger partial charge in [0.25, 0.3) is 11.8 Å². The monoisotopic (exact) mass is 567 g/mol. The van der Waals surface area contributed by atoms with E-state index in [4.69, 9.17) is 9.72 Å². The lowest BCUT2D eigenvalue weighted by Crippen LogP contribution is -2.45. The number of hydrogen-bond donors (Lipinski definition) is 2. The van der Waals surface area contributed by atoms with Crippen molar-refractivity contribution in [3.63, 3.8) is 0 Å². The second-order valence-electron chi connectivity index (χ2n) is 10.8. The number of aryl methyl sites for hydroxylation is 1. The first kappa shape index (κ1) is 27.8. The van der Waals surface area contributed by atoms with Crippen LogP contribution in [0.1, 0.15) is 45.3 Å². The van der Waals surface area contributed by atoms with Gasteiger partial charge in [0, 0.05) is 54.9 Å². The fraction of sp³-hybridized carbons (Fsp3) is 0.303. The molecule has 6 rings (SSSR count). The Hall–Kier alpha value is -4.34. The molecule has 0 bridgehead atoms. The highest BCUT2D eigenvalue weighted by atomic mass is 19.1. The maximum Gasteiger partial charge on any atom is 0.255 e. The van der Waals surface area contributed by atoms with Crippen LogP contribution in [0.3, 0.4) is 0 Å². The van der Waals surface area contributed by atoms with E-state index in [9.17, 15) is 14.0 Å². The normalized spacial score (nSPS) is 15.6. The van der Waals surface area contributed by atoms with Gasteiger partial charge in [-0.25, -0.2) is 4.39 Å². The summed E-state index contributed by atoms with van der Waals surface area (Å²) in [5, 5.41) is 6.26. The Bertz CT molecular complexity index is 1630. The molecule has 9 heteroatoms. The number of pyridine rings is 1. The number of nitrogens with zero attached hydrogens (tertiary/aromatic N) is 3. The average Bonchev–Trinajstić information content (AvgIpc) is 3.02. The molecule has 1 aromatic heterocycles. The highest BCUT2D eigenvalue weighted by Gasteiger charge is 2.18. The molecule has 0 aliphatic carbocycles. The van der Waals surface area contributed by atoms with E-state index >= 15 is 0 Å². The van der Waals surface area contributed by atoms with E-state index in [2.05, 4.69) is 27.4 Å². The quantitative estimate of drug-likeness (QED) is 0.314. The summed E-state index contributed by atoms with van der Waals surface area (Å²) in [7, 11) is 0. The summed E-state index contributed by atoms with van der Waals surface area (Å²) in [6.45, 7) is 8.89. The van der Waals surface area contributed by atoms with Crippen LogP contribution in [-0.4, -0.2) is 65.9 Å². The van der Waals surface area contributed by atoms with Crippen molar-refractivity contribution in [1.29, 1.82) is 0 Å². The summed E-state index contributed by atoms with van der Waals surface area (Å²) in [5.41, 5.74) is 4.04. The molecular weight excluding hydrogens is 533 g/mol. The molecule has 3 aromatic carbocycles. The Morgan fingerprint density at radius 3 is 2.48 bits per heavy atom. The van der Waals surface area contributed by atoms with Crippen LogP contribution in [0.25, 0.3) is 10.9 Å². The molecule has 2 N–H and O–H groups in total. The third-order valence-corrected chi connectivity index (χ3v) is 7.96. The topological polar surface area (TPSA) is 86.8 Å². The smallest absolute Gasteiger partial charge is 0.255 e. The van der Waals surface area contributed by atoms with Crippen molar-refractivity contribution in [2.24, 2.45) is 0 Å². The number of rotatable bonds is 7. The zero-order valence-electron chi connectivity index (χ0n) is 23.7. The van der Waals surface area contributed by atoms with E-state index in [0.29, 0.717) is 29.2 Å². The number of carbonyl (C=O) groups excluding carboxylic acids is 2. The van der Waals surface area contributed by atoms with Crippen LogP contribution in [0.15, 0.2) is 66.7 Å². The molecule has 1 fully saturated rings. The van der Waals surface area contributed by atoms with Crippen LogP contribution in [-0.2, 0) is 13.0 Å². The van der Waals surface area contributed by atoms with Crippen LogP contribution in [0.4, 0.5) is 15.8 Å². The molecule has 1 saturated heterocycles. The van der Waals surface area contributed by atoms with Gasteiger partial charge in [-0.15, -0.1) is 0 Å². The number of aromatic nitrogens is 1. The Balaban J connectivity index is 1.11. The standard InChI is InChI=1S/C33H34FN5O3/c1-2-38-13-15-39(16-14-38)21-27-9-7-23-18-24(8-12-29(23)35-27)33(41)37-30-20-26(10-11-28(30)34)36-32(40)25-6-5-22-4-3-17-42-31(22)19-25/h5-12,18-20H,2-4,13-17,21H2,1H3,(H,36,40)(H,37,41). The Labute approximate surface area is 244 Å². The van der Waals surface area contributed by atoms with E-state index in [1.807, 2.05) is 24.3 Å². The molecule has 0 saturated carbocycles. The molecule has 42 heavy (non-hydrogen) atoms. The molecule has 8 nitrogen and oxygen atoms in total. The highest BCUT2D eigenvalue weighted by molar-refractivity contribution is 6.07. The fourth-order valence-corrected chi connectivity index (χ4v) is 5.47. The summed E-state index contributed by atoms with van der Waals surface area (Å²) in [6, 6.07) is 18.7. The molecular formula is C33H34FN5O3. The van der Waals surface area contributed by atoms with Crippen LogP contribution in [0.5, 0.6) is 5.75 Å². The van der Waals surface area contributed by atoms with Crippen molar-refractivity contribution in [2.75, 3.05) is 50.0 Å². The molecule has 2 aliphatic heterocycles. The lowest BCUT2D eigenvalue weighted by atomic mass is 10.0. The van der Waals surface area contributed by atoms with Gasteiger partial charge >= 0.3 is 0 Å². The first-order valence-corrected chi connectivity index (χ1v) is 14.5. The number of halogens is 1. The Kier molecular flexibility index (Phi) is 8.12. The number of hydrogen-bond acceptors (Lipinski definition) is 6. The van der Waals surface area contributed by atoms with Gasteiger partial charge in [-0.3, -0.25) is 19.5 Å². The van der Waals surface area contributed by atoms with E-state index in [1.54, 1.807) is 24.3 Å². The number of ether oxygens (including phenoxy) is 1. The van der Waals surface area contributed by atoms with Crippen LogP contribution >= 0.6 is 0 Å².